The molecule has 0 N–H and O–H groups in total. The molecule has 184 valence electrons. The second-order valence-corrected chi connectivity index (χ2v) is 9.95. The van der Waals surface area contributed by atoms with E-state index in [4.69, 9.17) is 9.73 Å². The van der Waals surface area contributed by atoms with Gasteiger partial charge in [-0.25, -0.2) is 4.99 Å². The lowest BCUT2D eigenvalue weighted by Gasteiger charge is -2.30. The topological polar surface area (TPSA) is 86.7 Å². The first-order valence-corrected chi connectivity index (χ1v) is 13.0. The van der Waals surface area contributed by atoms with Crippen molar-refractivity contribution >= 4 is 28.8 Å². The van der Waals surface area contributed by atoms with Gasteiger partial charge in [-0.2, -0.15) is 0 Å². The minimum Gasteiger partial charge on any atom is -0.487 e. The van der Waals surface area contributed by atoms with E-state index < -0.39 is 4.92 Å². The zero-order valence-electron chi connectivity index (χ0n) is 20.1. The predicted molar refractivity (Wildman–Crippen MR) is 143 cm³/mol. The Labute approximate surface area is 216 Å². The molecule has 0 bridgehead atoms. The van der Waals surface area contributed by atoms with Crippen LogP contribution in [0.4, 0.5) is 5.69 Å². The van der Waals surface area contributed by atoms with Crippen molar-refractivity contribution in [2.75, 3.05) is 6.61 Å². The molecule has 0 saturated carbocycles. The van der Waals surface area contributed by atoms with E-state index in [0.29, 0.717) is 21.5 Å². The molecular formula is C29H23N3O4S. The van der Waals surface area contributed by atoms with Crippen LogP contribution in [-0.2, 0) is 6.42 Å². The number of allylic oxidation sites excluding steroid dienone is 1. The predicted octanol–water partition coefficient (Wildman–Crippen LogP) is 4.63. The van der Waals surface area contributed by atoms with Crippen molar-refractivity contribution in [2.45, 2.75) is 25.8 Å². The Morgan fingerprint density at radius 2 is 1.89 bits per heavy atom. The van der Waals surface area contributed by atoms with Crippen molar-refractivity contribution in [3.05, 3.63) is 130 Å². The molecule has 6 rings (SSSR count). The number of benzene rings is 3. The van der Waals surface area contributed by atoms with Crippen LogP contribution in [0.3, 0.4) is 0 Å². The summed E-state index contributed by atoms with van der Waals surface area (Å²) in [6.45, 7) is 2.10. The lowest BCUT2D eigenvalue weighted by molar-refractivity contribution is -0.385. The number of aromatic nitrogens is 1. The van der Waals surface area contributed by atoms with Gasteiger partial charge in [-0.1, -0.05) is 72.0 Å². The Bertz CT molecular complexity index is 1750. The Morgan fingerprint density at radius 1 is 1.11 bits per heavy atom. The summed E-state index contributed by atoms with van der Waals surface area (Å²) >= 11 is 1.31. The molecule has 37 heavy (non-hydrogen) atoms. The van der Waals surface area contributed by atoms with Gasteiger partial charge in [0.05, 0.1) is 27.8 Å². The monoisotopic (exact) mass is 509 g/mol. The summed E-state index contributed by atoms with van der Waals surface area (Å²) in [6, 6.07) is 22.9. The number of thiazole rings is 1. The van der Waals surface area contributed by atoms with Crippen molar-refractivity contribution in [1.82, 2.24) is 4.57 Å². The van der Waals surface area contributed by atoms with Crippen LogP contribution in [0.1, 0.15) is 41.6 Å². The van der Waals surface area contributed by atoms with Gasteiger partial charge in [0.1, 0.15) is 0 Å². The smallest absolute Gasteiger partial charge is 0.311 e. The van der Waals surface area contributed by atoms with Crippen molar-refractivity contribution < 1.29 is 9.66 Å². The van der Waals surface area contributed by atoms with E-state index in [1.165, 1.54) is 23.0 Å². The first kappa shape index (κ1) is 23.1. The van der Waals surface area contributed by atoms with Crippen LogP contribution in [0.5, 0.6) is 5.75 Å². The summed E-state index contributed by atoms with van der Waals surface area (Å²) < 4.78 is 7.66. The number of nitrogens with zero attached hydrogens (tertiary/aromatic N) is 3. The maximum Gasteiger partial charge on any atom is 0.311 e. The SMILES string of the molecule is CCOc1ccc(C=c2sc3n(c2=O)C(c2ccccc2)C2=C(N=3)c3ccccc3CC2)cc1[N+](=O)[O-]. The quantitative estimate of drug-likeness (QED) is 0.290. The molecule has 3 aromatic carbocycles. The fourth-order valence-corrected chi connectivity index (χ4v) is 6.15. The van der Waals surface area contributed by atoms with Crippen LogP contribution in [0.15, 0.2) is 88.2 Å². The van der Waals surface area contributed by atoms with E-state index in [1.807, 2.05) is 42.5 Å². The van der Waals surface area contributed by atoms with Crippen molar-refractivity contribution in [3.63, 3.8) is 0 Å². The Morgan fingerprint density at radius 3 is 2.68 bits per heavy atom. The molecule has 1 aromatic heterocycles. The molecule has 1 aliphatic heterocycles. The summed E-state index contributed by atoms with van der Waals surface area (Å²) in [7, 11) is 0. The minimum atomic E-state index is -0.467. The van der Waals surface area contributed by atoms with Crippen molar-refractivity contribution in [1.29, 1.82) is 0 Å². The van der Waals surface area contributed by atoms with E-state index in [9.17, 15) is 14.9 Å². The van der Waals surface area contributed by atoms with Crippen LogP contribution >= 0.6 is 11.3 Å². The molecule has 1 atom stereocenters. The highest BCUT2D eigenvalue weighted by Gasteiger charge is 2.32. The van der Waals surface area contributed by atoms with Gasteiger partial charge in [0.2, 0.25) is 0 Å². The first-order chi connectivity index (χ1) is 18.0. The Kier molecular flexibility index (Phi) is 5.81. The summed E-state index contributed by atoms with van der Waals surface area (Å²) in [6.07, 6.45) is 3.42. The summed E-state index contributed by atoms with van der Waals surface area (Å²) in [4.78, 5) is 30.6. The molecule has 1 unspecified atom stereocenters. The van der Waals surface area contributed by atoms with E-state index in [1.54, 1.807) is 29.7 Å². The first-order valence-electron chi connectivity index (χ1n) is 12.1. The maximum absolute atomic E-state index is 13.8. The number of nitro groups is 1. The van der Waals surface area contributed by atoms with E-state index in [0.717, 1.165) is 35.2 Å². The van der Waals surface area contributed by atoms with E-state index >= 15 is 0 Å². The molecule has 0 fully saturated rings. The lowest BCUT2D eigenvalue weighted by Crippen LogP contribution is -2.38. The minimum absolute atomic E-state index is 0.127. The summed E-state index contributed by atoms with van der Waals surface area (Å²) in [5.41, 5.74) is 5.78. The van der Waals surface area contributed by atoms with Crippen LogP contribution in [0, 0.1) is 10.1 Å². The van der Waals surface area contributed by atoms with Crippen molar-refractivity contribution in [2.24, 2.45) is 4.99 Å². The number of nitro benzene ring substituents is 1. The van der Waals surface area contributed by atoms with Gasteiger partial charge in [0, 0.05) is 11.6 Å². The van der Waals surface area contributed by atoms with Crippen LogP contribution in [0.2, 0.25) is 0 Å². The third-order valence-electron chi connectivity index (χ3n) is 6.77. The van der Waals surface area contributed by atoms with Crippen LogP contribution in [0.25, 0.3) is 11.8 Å². The van der Waals surface area contributed by atoms with Crippen LogP contribution < -0.4 is 19.6 Å². The van der Waals surface area contributed by atoms with Gasteiger partial charge in [0.25, 0.3) is 5.56 Å². The van der Waals surface area contributed by atoms with Crippen molar-refractivity contribution in [3.8, 4) is 5.75 Å². The highest BCUT2D eigenvalue weighted by molar-refractivity contribution is 7.07. The van der Waals surface area contributed by atoms with Crippen LogP contribution in [-0.4, -0.2) is 16.1 Å². The zero-order chi connectivity index (χ0) is 25.5. The molecule has 2 aliphatic rings. The largest absolute Gasteiger partial charge is 0.487 e. The lowest BCUT2D eigenvalue weighted by atomic mass is 9.83. The molecule has 0 saturated heterocycles. The normalized spacial score (nSPS) is 16.5. The second kappa shape index (κ2) is 9.29. The third kappa shape index (κ3) is 3.99. The van der Waals surface area contributed by atoms with E-state index in [-0.39, 0.29) is 23.0 Å². The average Bonchev–Trinajstić information content (AvgIpc) is 3.23. The van der Waals surface area contributed by atoms with E-state index in [2.05, 4.69) is 12.1 Å². The molecule has 0 amide bonds. The van der Waals surface area contributed by atoms with Gasteiger partial charge in [-0.15, -0.1) is 0 Å². The third-order valence-corrected chi connectivity index (χ3v) is 7.75. The van der Waals surface area contributed by atoms with Gasteiger partial charge < -0.3 is 4.74 Å². The second-order valence-electron chi connectivity index (χ2n) is 8.94. The molecular weight excluding hydrogens is 486 g/mol. The Hall–Kier alpha value is -4.30. The number of hydrogen-bond donors (Lipinski definition) is 0. The molecule has 7 nitrogen and oxygen atoms in total. The Balaban J connectivity index is 1.56. The zero-order valence-corrected chi connectivity index (χ0v) is 20.9. The number of hydrogen-bond acceptors (Lipinski definition) is 6. The van der Waals surface area contributed by atoms with Gasteiger partial charge in [-0.3, -0.25) is 19.5 Å². The maximum atomic E-state index is 13.8. The highest BCUT2D eigenvalue weighted by Crippen LogP contribution is 2.41. The molecule has 1 aliphatic carbocycles. The van der Waals surface area contributed by atoms with Gasteiger partial charge in [-0.05, 0) is 54.2 Å². The molecule has 2 heterocycles. The molecule has 0 radical (unpaired) electrons. The number of fused-ring (bicyclic) bond motifs is 3. The fraction of sp³-hybridized carbons (Fsp3) is 0.172. The molecule has 0 spiro atoms. The highest BCUT2D eigenvalue weighted by atomic mass is 32.1. The molecule has 8 heteroatoms. The standard InChI is InChI=1S/C29H23N3O4S/c1-2-36-24-15-12-18(16-23(24)32(34)35)17-25-28(33)31-27(20-9-4-3-5-10-20)22-14-13-19-8-6-7-11-21(19)26(22)30-29(31)37-25/h3-12,15-17,27H,2,13-14H2,1H3. The number of aryl methyl sites for hydroxylation is 1. The summed E-state index contributed by atoms with van der Waals surface area (Å²) in [5, 5.41) is 11.6. The molecule has 4 aromatic rings. The summed E-state index contributed by atoms with van der Waals surface area (Å²) in [5.74, 6) is 0.210. The average molecular weight is 510 g/mol. The van der Waals surface area contributed by atoms with Gasteiger partial charge >= 0.3 is 5.69 Å². The number of rotatable bonds is 5. The van der Waals surface area contributed by atoms with Gasteiger partial charge in [0.15, 0.2) is 10.6 Å². The fourth-order valence-electron chi connectivity index (χ4n) is 5.15. The number of ether oxygens (including phenoxy) is 1.